The summed E-state index contributed by atoms with van der Waals surface area (Å²) < 4.78 is 9.18. The molecule has 1 aliphatic rings. The summed E-state index contributed by atoms with van der Waals surface area (Å²) in [7, 11) is 0. The summed E-state index contributed by atoms with van der Waals surface area (Å²) in [4.78, 5) is 9.90. The van der Waals surface area contributed by atoms with Gasteiger partial charge in [0.25, 0.3) is 0 Å². The zero-order valence-corrected chi connectivity index (χ0v) is 33.2. The van der Waals surface area contributed by atoms with Crippen LogP contribution in [0, 0.1) is 0 Å². The molecule has 0 atom stereocenters. The number of fused-ring (bicyclic) bond motifs is 4. The first-order valence-electron chi connectivity index (χ1n) is 19.2. The Kier molecular flexibility index (Phi) is 8.60. The van der Waals surface area contributed by atoms with Crippen LogP contribution >= 0.6 is 0 Å². The number of hydrogen-bond acceptors (Lipinski definition) is 4. The first-order chi connectivity index (χ1) is 25.6. The summed E-state index contributed by atoms with van der Waals surface area (Å²) in [5.41, 5.74) is 10.8. The van der Waals surface area contributed by atoms with Crippen LogP contribution in [0.4, 0.5) is 17.1 Å². The number of hydrogen-bond donors (Lipinski definition) is 0. The second-order valence-corrected chi connectivity index (χ2v) is 18.0. The van der Waals surface area contributed by atoms with Gasteiger partial charge in [-0.1, -0.05) is 117 Å². The molecule has 2 aromatic heterocycles. The smallest absolute Gasteiger partial charge is 0.137 e. The lowest BCUT2D eigenvalue weighted by atomic mass is 9.86. The van der Waals surface area contributed by atoms with Crippen LogP contribution in [0.2, 0.25) is 0 Å². The normalized spacial score (nSPS) is 13.6. The fourth-order valence-corrected chi connectivity index (χ4v) is 7.55. The van der Waals surface area contributed by atoms with Gasteiger partial charge in [0.1, 0.15) is 17.3 Å². The van der Waals surface area contributed by atoms with E-state index in [1.54, 1.807) is 0 Å². The minimum Gasteiger partial charge on any atom is -0.457 e. The van der Waals surface area contributed by atoms with Crippen molar-refractivity contribution in [1.29, 1.82) is 0 Å². The van der Waals surface area contributed by atoms with Crippen LogP contribution < -0.4 is 14.5 Å². The Morgan fingerprint density at radius 2 is 1.24 bits per heavy atom. The van der Waals surface area contributed by atoms with E-state index in [1.807, 2.05) is 6.20 Å². The number of benzene rings is 5. The SMILES string of the molecule is CC(C)(C)c1ccc(-n2c3ccc(C(C)(C)C)cc3c3ccc(Oc4cc(N5CN(Cc6ccccc6)c6ccccc65)cc(C(C)(C)C)c4)cc32)nc1. The van der Waals surface area contributed by atoms with Gasteiger partial charge in [0.2, 0.25) is 0 Å². The van der Waals surface area contributed by atoms with E-state index < -0.39 is 0 Å². The zero-order valence-electron chi connectivity index (χ0n) is 33.2. The van der Waals surface area contributed by atoms with Crippen molar-refractivity contribution in [2.75, 3.05) is 16.5 Å². The molecule has 5 nitrogen and oxygen atoms in total. The maximum absolute atomic E-state index is 6.89. The molecule has 0 aliphatic carbocycles. The first-order valence-corrected chi connectivity index (χ1v) is 19.2. The highest BCUT2D eigenvalue weighted by atomic mass is 16.5. The number of anilines is 3. The lowest BCUT2D eigenvalue weighted by Crippen LogP contribution is -2.27. The summed E-state index contributed by atoms with van der Waals surface area (Å²) in [5.74, 6) is 2.51. The van der Waals surface area contributed by atoms with E-state index in [1.165, 1.54) is 44.4 Å². The zero-order chi connectivity index (χ0) is 38.0. The van der Waals surface area contributed by atoms with Crippen LogP contribution in [0.3, 0.4) is 0 Å². The Labute approximate surface area is 320 Å². The number of ether oxygens (including phenoxy) is 1. The highest BCUT2D eigenvalue weighted by Gasteiger charge is 2.29. The molecule has 0 saturated carbocycles. The van der Waals surface area contributed by atoms with Gasteiger partial charge in [0, 0.05) is 41.3 Å². The topological polar surface area (TPSA) is 33.5 Å². The van der Waals surface area contributed by atoms with E-state index >= 15 is 0 Å². The Bertz CT molecular complexity index is 2470. The van der Waals surface area contributed by atoms with Crippen LogP contribution in [0.25, 0.3) is 27.6 Å². The summed E-state index contributed by atoms with van der Waals surface area (Å²) in [6.45, 7) is 21.9. The first kappa shape index (κ1) is 35.5. The van der Waals surface area contributed by atoms with Crippen LogP contribution in [0.15, 0.2) is 128 Å². The van der Waals surface area contributed by atoms with Crippen molar-refractivity contribution in [2.24, 2.45) is 0 Å². The number of rotatable bonds is 6. The molecule has 54 heavy (non-hydrogen) atoms. The van der Waals surface area contributed by atoms with Gasteiger partial charge in [-0.15, -0.1) is 0 Å². The Morgan fingerprint density at radius 1 is 0.556 bits per heavy atom. The van der Waals surface area contributed by atoms with Crippen LogP contribution in [-0.2, 0) is 22.8 Å². The van der Waals surface area contributed by atoms with Gasteiger partial charge in [-0.25, -0.2) is 4.98 Å². The van der Waals surface area contributed by atoms with E-state index in [4.69, 9.17) is 9.72 Å². The van der Waals surface area contributed by atoms with Crippen molar-refractivity contribution in [3.8, 4) is 17.3 Å². The molecule has 1 aliphatic heterocycles. The molecule has 3 heterocycles. The van der Waals surface area contributed by atoms with Gasteiger partial charge in [-0.05, 0) is 93.1 Å². The number of para-hydroxylation sites is 2. The molecule has 0 spiro atoms. The highest BCUT2D eigenvalue weighted by molar-refractivity contribution is 6.09. The standard InChI is InChI=1S/C49H52N4O/c1-47(2,3)34-19-23-42-41(27-34)40-22-21-38(29-45(40)53(42)46-24-20-35(30-50-46)48(4,5)6)54-39-26-36(49(7,8)9)25-37(28-39)52-32-51(31-33-15-11-10-12-16-33)43-17-13-14-18-44(43)52/h10-30H,31-32H2,1-9H3. The van der Waals surface area contributed by atoms with Gasteiger partial charge in [0.15, 0.2) is 0 Å². The average molecular weight is 713 g/mol. The van der Waals surface area contributed by atoms with Gasteiger partial charge in [0.05, 0.1) is 29.1 Å². The van der Waals surface area contributed by atoms with Crippen molar-refractivity contribution >= 4 is 38.9 Å². The second-order valence-electron chi connectivity index (χ2n) is 18.0. The number of nitrogens with zero attached hydrogens (tertiary/aromatic N) is 4. The number of aromatic nitrogens is 2. The summed E-state index contributed by atoms with van der Waals surface area (Å²) in [6.07, 6.45) is 2.02. The lowest BCUT2D eigenvalue weighted by Gasteiger charge is -2.26. The van der Waals surface area contributed by atoms with Crippen molar-refractivity contribution < 1.29 is 4.74 Å². The van der Waals surface area contributed by atoms with Crippen LogP contribution in [-0.4, -0.2) is 16.2 Å². The monoisotopic (exact) mass is 712 g/mol. The molecule has 8 rings (SSSR count). The van der Waals surface area contributed by atoms with E-state index in [0.29, 0.717) is 0 Å². The minimum atomic E-state index is -0.0802. The molecule has 0 unspecified atom stereocenters. The molecule has 0 radical (unpaired) electrons. The molecule has 0 N–H and O–H groups in total. The maximum Gasteiger partial charge on any atom is 0.137 e. The second kappa shape index (κ2) is 13.1. The van der Waals surface area contributed by atoms with Crippen molar-refractivity contribution in [3.63, 3.8) is 0 Å². The van der Waals surface area contributed by atoms with Crippen molar-refractivity contribution in [1.82, 2.24) is 9.55 Å². The van der Waals surface area contributed by atoms with Crippen molar-refractivity contribution in [3.05, 3.63) is 150 Å². The third-order valence-electron chi connectivity index (χ3n) is 10.8. The Balaban J connectivity index is 1.22. The molecular weight excluding hydrogens is 661 g/mol. The fourth-order valence-electron chi connectivity index (χ4n) is 7.55. The molecule has 274 valence electrons. The Morgan fingerprint density at radius 3 is 1.93 bits per heavy atom. The van der Waals surface area contributed by atoms with Gasteiger partial charge >= 0.3 is 0 Å². The van der Waals surface area contributed by atoms with Crippen LogP contribution in [0.1, 0.15) is 84.6 Å². The highest BCUT2D eigenvalue weighted by Crippen LogP contribution is 2.44. The maximum atomic E-state index is 6.89. The van der Waals surface area contributed by atoms with Gasteiger partial charge in [-0.2, -0.15) is 0 Å². The van der Waals surface area contributed by atoms with Crippen LogP contribution in [0.5, 0.6) is 11.5 Å². The fraction of sp³-hybridized carbons (Fsp3) is 0.286. The number of pyridine rings is 1. The molecule has 7 aromatic rings. The molecule has 0 amide bonds. The largest absolute Gasteiger partial charge is 0.457 e. The minimum absolute atomic E-state index is 0.0206. The molecule has 5 aromatic carbocycles. The predicted octanol–water partition coefficient (Wildman–Crippen LogP) is 13.0. The van der Waals surface area contributed by atoms with Gasteiger partial charge < -0.3 is 14.5 Å². The molecular formula is C49H52N4O. The van der Waals surface area contributed by atoms with E-state index in [9.17, 15) is 0 Å². The third kappa shape index (κ3) is 6.72. The molecule has 5 heteroatoms. The summed E-state index contributed by atoms with van der Waals surface area (Å²) in [6, 6.07) is 43.9. The van der Waals surface area contributed by atoms with Gasteiger partial charge in [-0.3, -0.25) is 4.57 Å². The predicted molar refractivity (Wildman–Crippen MR) is 227 cm³/mol. The van der Waals surface area contributed by atoms with Crippen molar-refractivity contribution in [2.45, 2.75) is 85.1 Å². The third-order valence-corrected chi connectivity index (χ3v) is 10.8. The average Bonchev–Trinajstić information content (AvgIpc) is 3.66. The Hall–Kier alpha value is -5.55. The quantitative estimate of drug-likeness (QED) is 0.172. The molecule has 0 bridgehead atoms. The summed E-state index contributed by atoms with van der Waals surface area (Å²) in [5, 5.41) is 2.40. The van der Waals surface area contributed by atoms with E-state index in [2.05, 4.69) is 198 Å². The summed E-state index contributed by atoms with van der Waals surface area (Å²) >= 11 is 0. The lowest BCUT2D eigenvalue weighted by molar-refractivity contribution is 0.479. The van der Waals surface area contributed by atoms with E-state index in [-0.39, 0.29) is 16.2 Å². The van der Waals surface area contributed by atoms with E-state index in [0.717, 1.165) is 47.3 Å². The molecule has 0 saturated heterocycles. The molecule has 0 fully saturated rings.